The fraction of sp³-hybridized carbons (Fsp3) is 0.100. The third-order valence-corrected chi connectivity index (χ3v) is 1.66. The number of nitriles is 1. The van der Waals surface area contributed by atoms with Gasteiger partial charge in [0.25, 0.3) is 0 Å². The Bertz CT molecular complexity index is 405. The van der Waals surface area contributed by atoms with Crippen molar-refractivity contribution in [3.05, 3.63) is 35.4 Å². The summed E-state index contributed by atoms with van der Waals surface area (Å²) in [4.78, 5) is 0. The van der Waals surface area contributed by atoms with E-state index in [1.54, 1.807) is 0 Å². The molecule has 0 aliphatic heterocycles. The third-order valence-electron chi connectivity index (χ3n) is 1.66. The number of allylic oxidation sites excluding steroid dienone is 1. The molecule has 0 atom stereocenters. The first-order chi connectivity index (χ1) is 6.66. The van der Waals surface area contributed by atoms with E-state index in [0.717, 1.165) is 6.07 Å². The highest BCUT2D eigenvalue weighted by Crippen LogP contribution is 2.20. The summed E-state index contributed by atoms with van der Waals surface area (Å²) in [5, 5.41) is 8.24. The topological polar surface area (TPSA) is 49.8 Å². The van der Waals surface area contributed by atoms with Gasteiger partial charge in [0.2, 0.25) is 0 Å². The summed E-state index contributed by atoms with van der Waals surface area (Å²) in [5.41, 5.74) is 5.57. The number of hydrogen-bond acceptors (Lipinski definition) is 2. The fourth-order valence-corrected chi connectivity index (χ4v) is 0.980. The zero-order chi connectivity index (χ0) is 10.6. The Morgan fingerprint density at radius 3 is 2.79 bits per heavy atom. The minimum absolute atomic E-state index is 0.0137. The van der Waals surface area contributed by atoms with E-state index < -0.39 is 11.6 Å². The standard InChI is InChI=1S/C10H8F2N2/c11-8-4-5-9(14)7(10(8)12)3-1-2-6-13/h1,3-5H,2,14H2. The molecule has 0 radical (unpaired) electrons. The highest BCUT2D eigenvalue weighted by atomic mass is 19.2. The lowest BCUT2D eigenvalue weighted by Gasteiger charge is -2.02. The molecule has 0 amide bonds. The van der Waals surface area contributed by atoms with Crippen LogP contribution in [0.15, 0.2) is 18.2 Å². The van der Waals surface area contributed by atoms with Crippen molar-refractivity contribution in [1.29, 1.82) is 5.26 Å². The number of rotatable bonds is 2. The molecular formula is C10H8F2N2. The van der Waals surface area contributed by atoms with E-state index in [2.05, 4.69) is 0 Å². The van der Waals surface area contributed by atoms with Gasteiger partial charge in [0, 0.05) is 11.3 Å². The van der Waals surface area contributed by atoms with Crippen molar-refractivity contribution in [3.63, 3.8) is 0 Å². The molecule has 1 aromatic rings. The summed E-state index contributed by atoms with van der Waals surface area (Å²) in [7, 11) is 0. The van der Waals surface area contributed by atoms with Crippen LogP contribution in [-0.2, 0) is 0 Å². The molecular weight excluding hydrogens is 186 g/mol. The molecule has 2 N–H and O–H groups in total. The predicted molar refractivity (Wildman–Crippen MR) is 50.0 cm³/mol. The molecule has 0 aromatic heterocycles. The summed E-state index contributed by atoms with van der Waals surface area (Å²) in [6, 6.07) is 4.09. The minimum atomic E-state index is -0.987. The molecule has 0 heterocycles. The van der Waals surface area contributed by atoms with Gasteiger partial charge in [-0.2, -0.15) is 5.26 Å². The summed E-state index contributed by atoms with van der Waals surface area (Å²) < 4.78 is 25.8. The van der Waals surface area contributed by atoms with E-state index in [1.807, 2.05) is 6.07 Å². The first-order valence-electron chi connectivity index (χ1n) is 3.93. The van der Waals surface area contributed by atoms with Crippen LogP contribution in [0, 0.1) is 23.0 Å². The lowest BCUT2D eigenvalue weighted by atomic mass is 10.1. The minimum Gasteiger partial charge on any atom is -0.398 e. The zero-order valence-electron chi connectivity index (χ0n) is 7.30. The van der Waals surface area contributed by atoms with Crippen molar-refractivity contribution in [3.8, 4) is 6.07 Å². The molecule has 0 aliphatic carbocycles. The molecule has 4 heteroatoms. The van der Waals surface area contributed by atoms with Crippen LogP contribution in [0.4, 0.5) is 14.5 Å². The largest absolute Gasteiger partial charge is 0.398 e. The second-order valence-electron chi connectivity index (χ2n) is 2.63. The zero-order valence-corrected chi connectivity index (χ0v) is 7.30. The highest BCUT2D eigenvalue weighted by molar-refractivity contribution is 5.65. The molecule has 0 saturated carbocycles. The molecule has 0 fully saturated rings. The Labute approximate surface area is 80.3 Å². The summed E-state index contributed by atoms with van der Waals surface area (Å²) in [6.45, 7) is 0. The van der Waals surface area contributed by atoms with E-state index in [-0.39, 0.29) is 17.7 Å². The molecule has 72 valence electrons. The Balaban J connectivity index is 3.08. The fourth-order valence-electron chi connectivity index (χ4n) is 0.980. The molecule has 2 nitrogen and oxygen atoms in total. The Hall–Kier alpha value is -1.89. The van der Waals surface area contributed by atoms with Crippen LogP contribution in [0.3, 0.4) is 0 Å². The van der Waals surface area contributed by atoms with Gasteiger partial charge in [0.05, 0.1) is 12.5 Å². The Morgan fingerprint density at radius 2 is 2.14 bits per heavy atom. The molecule has 1 aromatic carbocycles. The van der Waals surface area contributed by atoms with E-state index in [9.17, 15) is 8.78 Å². The van der Waals surface area contributed by atoms with Gasteiger partial charge in [0.1, 0.15) is 0 Å². The maximum absolute atomic E-state index is 13.1. The first kappa shape index (κ1) is 10.2. The van der Waals surface area contributed by atoms with Crippen molar-refractivity contribution in [2.45, 2.75) is 6.42 Å². The van der Waals surface area contributed by atoms with E-state index in [0.29, 0.717) is 0 Å². The average Bonchev–Trinajstić information content (AvgIpc) is 2.18. The molecule has 1 rings (SSSR count). The van der Waals surface area contributed by atoms with Crippen molar-refractivity contribution in [2.24, 2.45) is 0 Å². The normalized spacial score (nSPS) is 10.4. The summed E-state index contributed by atoms with van der Waals surface area (Å²) in [5.74, 6) is -1.94. The van der Waals surface area contributed by atoms with Gasteiger partial charge in [-0.05, 0) is 12.1 Å². The van der Waals surface area contributed by atoms with Gasteiger partial charge < -0.3 is 5.73 Å². The second-order valence-corrected chi connectivity index (χ2v) is 2.63. The van der Waals surface area contributed by atoms with Gasteiger partial charge in [-0.3, -0.25) is 0 Å². The van der Waals surface area contributed by atoms with E-state index in [4.69, 9.17) is 11.0 Å². The van der Waals surface area contributed by atoms with Gasteiger partial charge >= 0.3 is 0 Å². The quantitative estimate of drug-likeness (QED) is 0.735. The predicted octanol–water partition coefficient (Wildman–Crippen LogP) is 2.47. The van der Waals surface area contributed by atoms with Crippen LogP contribution in [0.2, 0.25) is 0 Å². The molecule has 0 spiro atoms. The van der Waals surface area contributed by atoms with Crippen LogP contribution < -0.4 is 5.73 Å². The number of anilines is 1. The maximum Gasteiger partial charge on any atom is 0.168 e. The molecule has 0 saturated heterocycles. The van der Waals surface area contributed by atoms with Crippen molar-refractivity contribution in [2.75, 3.05) is 5.73 Å². The number of nitrogens with zero attached hydrogens (tertiary/aromatic N) is 1. The third kappa shape index (κ3) is 2.07. The molecule has 0 aliphatic rings. The number of hydrogen-bond donors (Lipinski definition) is 1. The number of benzene rings is 1. The van der Waals surface area contributed by atoms with Crippen molar-refractivity contribution in [1.82, 2.24) is 0 Å². The van der Waals surface area contributed by atoms with Gasteiger partial charge in [-0.1, -0.05) is 12.2 Å². The summed E-state index contributed by atoms with van der Waals surface area (Å²) in [6.07, 6.45) is 2.86. The first-order valence-corrected chi connectivity index (χ1v) is 3.93. The molecule has 0 bridgehead atoms. The summed E-state index contributed by atoms with van der Waals surface area (Å²) >= 11 is 0. The van der Waals surface area contributed by atoms with Gasteiger partial charge in [0.15, 0.2) is 11.6 Å². The number of halogens is 2. The van der Waals surface area contributed by atoms with Crippen LogP contribution in [0.25, 0.3) is 6.08 Å². The smallest absolute Gasteiger partial charge is 0.168 e. The van der Waals surface area contributed by atoms with Gasteiger partial charge in [-0.25, -0.2) is 8.78 Å². The van der Waals surface area contributed by atoms with Crippen LogP contribution >= 0.6 is 0 Å². The number of nitrogen functional groups attached to an aromatic ring is 1. The second kappa shape index (κ2) is 4.38. The average molecular weight is 194 g/mol. The van der Waals surface area contributed by atoms with Crippen molar-refractivity contribution >= 4 is 11.8 Å². The maximum atomic E-state index is 13.1. The van der Waals surface area contributed by atoms with Crippen molar-refractivity contribution < 1.29 is 8.78 Å². The monoisotopic (exact) mass is 194 g/mol. The molecule has 14 heavy (non-hydrogen) atoms. The van der Waals surface area contributed by atoms with E-state index in [1.165, 1.54) is 18.2 Å². The van der Waals surface area contributed by atoms with E-state index >= 15 is 0 Å². The van der Waals surface area contributed by atoms with Crippen LogP contribution in [0.1, 0.15) is 12.0 Å². The van der Waals surface area contributed by atoms with Crippen LogP contribution in [-0.4, -0.2) is 0 Å². The SMILES string of the molecule is N#CCC=Cc1c(N)ccc(F)c1F. The Morgan fingerprint density at radius 1 is 1.43 bits per heavy atom. The lowest BCUT2D eigenvalue weighted by molar-refractivity contribution is 0.507. The lowest BCUT2D eigenvalue weighted by Crippen LogP contribution is -1.95. The highest BCUT2D eigenvalue weighted by Gasteiger charge is 2.08. The Kier molecular flexibility index (Phi) is 3.19. The molecule has 0 unspecified atom stereocenters. The van der Waals surface area contributed by atoms with Gasteiger partial charge in [-0.15, -0.1) is 0 Å². The number of nitrogens with two attached hydrogens (primary N) is 1. The van der Waals surface area contributed by atoms with Crippen LogP contribution in [0.5, 0.6) is 0 Å².